The van der Waals surface area contributed by atoms with Crippen LogP contribution in [0, 0.1) is 5.92 Å². The summed E-state index contributed by atoms with van der Waals surface area (Å²) in [6, 6.07) is 10.5. The lowest BCUT2D eigenvalue weighted by Crippen LogP contribution is -2.34. The normalized spacial score (nSPS) is 14.9. The number of hydrogen-bond donors (Lipinski definition) is 1. The highest BCUT2D eigenvalue weighted by Crippen LogP contribution is 2.27. The number of anilines is 1. The molecule has 0 bridgehead atoms. The molecule has 2 heterocycles. The predicted octanol–water partition coefficient (Wildman–Crippen LogP) is 2.91. The van der Waals surface area contributed by atoms with Gasteiger partial charge in [0, 0.05) is 38.1 Å². The Morgan fingerprint density at radius 2 is 1.96 bits per heavy atom. The number of hydrogen-bond acceptors (Lipinski definition) is 5. The zero-order valence-corrected chi connectivity index (χ0v) is 15.8. The minimum atomic E-state index is -0.295. The zero-order valence-electron chi connectivity index (χ0n) is 15.8. The molecule has 27 heavy (non-hydrogen) atoms. The highest BCUT2D eigenvalue weighted by atomic mass is 16.5. The minimum absolute atomic E-state index is 0.188. The minimum Gasteiger partial charge on any atom is -0.456 e. The van der Waals surface area contributed by atoms with Crippen molar-refractivity contribution in [2.24, 2.45) is 5.92 Å². The van der Waals surface area contributed by atoms with Crippen LogP contribution in [-0.4, -0.2) is 43.6 Å². The predicted molar refractivity (Wildman–Crippen MR) is 106 cm³/mol. The third-order valence-corrected chi connectivity index (χ3v) is 5.19. The first-order valence-electron chi connectivity index (χ1n) is 9.61. The third-order valence-electron chi connectivity index (χ3n) is 5.19. The third kappa shape index (κ3) is 5.42. The number of amides is 1. The van der Waals surface area contributed by atoms with Gasteiger partial charge in [-0.15, -0.1) is 0 Å². The number of nitrogens with zero attached hydrogens (tertiary/aromatic N) is 2. The summed E-state index contributed by atoms with van der Waals surface area (Å²) in [6.07, 6.45) is 6.38. The second-order valence-corrected chi connectivity index (χ2v) is 7.05. The van der Waals surface area contributed by atoms with Gasteiger partial charge in [0.2, 0.25) is 0 Å². The molecule has 0 unspecified atom stereocenters. The maximum atomic E-state index is 11.6. The number of fused-ring (bicyclic) bond motifs is 1. The van der Waals surface area contributed by atoms with Crippen molar-refractivity contribution in [3.8, 4) is 0 Å². The van der Waals surface area contributed by atoms with E-state index in [9.17, 15) is 9.59 Å². The van der Waals surface area contributed by atoms with Crippen LogP contribution in [0.5, 0.6) is 0 Å². The quantitative estimate of drug-likeness (QED) is 0.760. The lowest BCUT2D eigenvalue weighted by Gasteiger charge is -2.33. The Kier molecular flexibility index (Phi) is 6.63. The Labute approximate surface area is 159 Å². The average molecular weight is 369 g/mol. The second kappa shape index (κ2) is 9.35. The van der Waals surface area contributed by atoms with Gasteiger partial charge < -0.3 is 15.0 Å². The average Bonchev–Trinajstić information content (AvgIpc) is 2.72. The lowest BCUT2D eigenvalue weighted by atomic mass is 9.91. The molecule has 1 fully saturated rings. The molecule has 0 aliphatic carbocycles. The van der Waals surface area contributed by atoms with Crippen molar-refractivity contribution >= 4 is 28.5 Å². The van der Waals surface area contributed by atoms with Gasteiger partial charge in [0.25, 0.3) is 5.91 Å². The molecule has 1 N–H and O–H groups in total. The van der Waals surface area contributed by atoms with Crippen molar-refractivity contribution in [3.63, 3.8) is 0 Å². The molecule has 1 aliphatic rings. The Balaban J connectivity index is 1.39. The van der Waals surface area contributed by atoms with Crippen molar-refractivity contribution in [3.05, 3.63) is 36.5 Å². The van der Waals surface area contributed by atoms with E-state index in [0.717, 1.165) is 44.6 Å². The van der Waals surface area contributed by atoms with E-state index in [2.05, 4.69) is 39.5 Å². The molecule has 3 rings (SSSR count). The van der Waals surface area contributed by atoms with Gasteiger partial charge in [0.15, 0.2) is 6.61 Å². The van der Waals surface area contributed by atoms with Gasteiger partial charge >= 0.3 is 5.97 Å². The molecule has 2 aromatic rings. The van der Waals surface area contributed by atoms with E-state index in [4.69, 9.17) is 4.74 Å². The Bertz CT molecular complexity index is 785. The summed E-state index contributed by atoms with van der Waals surface area (Å²) in [5.41, 5.74) is 0. The highest BCUT2D eigenvalue weighted by Gasteiger charge is 2.20. The van der Waals surface area contributed by atoms with Gasteiger partial charge in [-0.3, -0.25) is 9.59 Å². The van der Waals surface area contributed by atoms with E-state index in [0.29, 0.717) is 12.3 Å². The van der Waals surface area contributed by atoms with Crippen molar-refractivity contribution in [2.45, 2.75) is 32.1 Å². The number of carbonyl (C=O) groups is 2. The maximum absolute atomic E-state index is 11.6. The van der Waals surface area contributed by atoms with E-state index >= 15 is 0 Å². The number of pyridine rings is 1. The number of nitrogens with one attached hydrogen (secondary N) is 1. The van der Waals surface area contributed by atoms with Crippen LogP contribution in [0.1, 0.15) is 32.1 Å². The SMILES string of the molecule is CNC(=O)COC(=O)CCCC1CCN(c2cc3ccccc3cn2)CC1. The summed E-state index contributed by atoms with van der Waals surface area (Å²) < 4.78 is 4.93. The standard InChI is InChI=1S/C21H27N3O3/c1-22-20(25)15-27-21(26)8-4-5-16-9-11-24(12-10-16)19-13-17-6-2-3-7-18(17)14-23-19/h2-3,6-7,13-14,16H,4-5,8-12,15H2,1H3,(H,22,25). The van der Waals surface area contributed by atoms with Crippen LogP contribution in [0.4, 0.5) is 5.82 Å². The zero-order chi connectivity index (χ0) is 19.1. The van der Waals surface area contributed by atoms with Crippen LogP contribution in [0.3, 0.4) is 0 Å². The fourth-order valence-corrected chi connectivity index (χ4v) is 3.52. The van der Waals surface area contributed by atoms with Crippen LogP contribution in [0.25, 0.3) is 10.8 Å². The van der Waals surface area contributed by atoms with E-state index in [1.54, 1.807) is 0 Å². The molecule has 1 aromatic carbocycles. The number of esters is 1. The lowest BCUT2D eigenvalue weighted by molar-refractivity contribution is -0.148. The van der Waals surface area contributed by atoms with Gasteiger partial charge in [-0.1, -0.05) is 24.3 Å². The van der Waals surface area contributed by atoms with Gasteiger partial charge in [-0.25, -0.2) is 4.98 Å². The summed E-state index contributed by atoms with van der Waals surface area (Å²) in [5.74, 6) is 1.10. The fraction of sp³-hybridized carbons (Fsp3) is 0.476. The van der Waals surface area contributed by atoms with Crippen LogP contribution >= 0.6 is 0 Å². The molecule has 0 spiro atoms. The Morgan fingerprint density at radius 1 is 1.22 bits per heavy atom. The maximum Gasteiger partial charge on any atom is 0.306 e. The Hall–Kier alpha value is -2.63. The molecule has 144 valence electrons. The van der Waals surface area contributed by atoms with Crippen molar-refractivity contribution in [1.82, 2.24) is 10.3 Å². The van der Waals surface area contributed by atoms with Gasteiger partial charge in [0.1, 0.15) is 5.82 Å². The number of piperidine rings is 1. The summed E-state index contributed by atoms with van der Waals surface area (Å²) in [7, 11) is 1.52. The van der Waals surface area contributed by atoms with E-state index in [-0.39, 0.29) is 18.5 Å². The largest absolute Gasteiger partial charge is 0.456 e. The van der Waals surface area contributed by atoms with E-state index in [1.165, 1.54) is 17.8 Å². The van der Waals surface area contributed by atoms with Gasteiger partial charge in [-0.05, 0) is 43.1 Å². The van der Waals surface area contributed by atoms with Crippen molar-refractivity contribution in [1.29, 1.82) is 0 Å². The van der Waals surface area contributed by atoms with Crippen LogP contribution in [0.2, 0.25) is 0 Å². The van der Waals surface area contributed by atoms with Crippen LogP contribution in [-0.2, 0) is 14.3 Å². The Morgan fingerprint density at radius 3 is 2.70 bits per heavy atom. The first-order valence-corrected chi connectivity index (χ1v) is 9.61. The smallest absolute Gasteiger partial charge is 0.306 e. The summed E-state index contributed by atoms with van der Waals surface area (Å²) in [4.78, 5) is 29.7. The molecule has 0 saturated carbocycles. The van der Waals surface area contributed by atoms with Crippen molar-refractivity contribution in [2.75, 3.05) is 31.6 Å². The molecule has 1 aromatic heterocycles. The number of carbonyl (C=O) groups excluding carboxylic acids is 2. The number of likely N-dealkylation sites (N-methyl/N-ethyl adjacent to an activating group) is 1. The summed E-state index contributed by atoms with van der Waals surface area (Å²) in [6.45, 7) is 1.81. The molecule has 1 aliphatic heterocycles. The van der Waals surface area contributed by atoms with Crippen LogP contribution < -0.4 is 10.2 Å². The summed E-state index contributed by atoms with van der Waals surface area (Å²) in [5, 5.41) is 4.82. The molecule has 1 amide bonds. The monoisotopic (exact) mass is 369 g/mol. The number of ether oxygens (including phenoxy) is 1. The first kappa shape index (κ1) is 19.1. The molecule has 6 heteroatoms. The fourth-order valence-electron chi connectivity index (χ4n) is 3.52. The highest BCUT2D eigenvalue weighted by molar-refractivity contribution is 5.84. The van der Waals surface area contributed by atoms with Gasteiger partial charge in [-0.2, -0.15) is 0 Å². The molecular formula is C21H27N3O3. The van der Waals surface area contributed by atoms with Crippen molar-refractivity contribution < 1.29 is 14.3 Å². The molecule has 1 saturated heterocycles. The van der Waals surface area contributed by atoms with Gasteiger partial charge in [0.05, 0.1) is 0 Å². The number of aromatic nitrogens is 1. The molecular weight excluding hydrogens is 342 g/mol. The van der Waals surface area contributed by atoms with E-state index in [1.807, 2.05) is 12.3 Å². The topological polar surface area (TPSA) is 71.5 Å². The summed E-state index contributed by atoms with van der Waals surface area (Å²) >= 11 is 0. The molecule has 0 radical (unpaired) electrons. The molecule has 6 nitrogen and oxygen atoms in total. The number of benzene rings is 1. The number of rotatable bonds is 7. The van der Waals surface area contributed by atoms with E-state index < -0.39 is 0 Å². The molecule has 0 atom stereocenters. The first-order chi connectivity index (χ1) is 13.2. The second-order valence-electron chi connectivity index (χ2n) is 7.05. The van der Waals surface area contributed by atoms with Crippen LogP contribution in [0.15, 0.2) is 36.5 Å².